The minimum atomic E-state index is -3.70. The lowest BCUT2D eigenvalue weighted by Gasteiger charge is -2.13. The van der Waals surface area contributed by atoms with Gasteiger partial charge in [-0.05, 0) is 74.7 Å². The summed E-state index contributed by atoms with van der Waals surface area (Å²) in [4.78, 5) is 11.9. The minimum Gasteiger partial charge on any atom is -0.484 e. The van der Waals surface area contributed by atoms with Crippen molar-refractivity contribution in [3.8, 4) is 5.75 Å². The first-order chi connectivity index (χ1) is 12.7. The van der Waals surface area contributed by atoms with Gasteiger partial charge in [0.2, 0.25) is 0 Å². The summed E-state index contributed by atoms with van der Waals surface area (Å²) < 4.78 is 33.1. The molecule has 0 saturated carbocycles. The fourth-order valence-electron chi connectivity index (χ4n) is 2.53. The molecule has 0 radical (unpaired) electrons. The third kappa shape index (κ3) is 6.29. The zero-order chi connectivity index (χ0) is 20.0. The number of sulfonamides is 1. The number of hydrogen-bond acceptors (Lipinski definition) is 4. The van der Waals surface area contributed by atoms with Gasteiger partial charge in [-0.2, -0.15) is 0 Å². The van der Waals surface area contributed by atoms with Gasteiger partial charge in [0.05, 0.1) is 4.90 Å². The van der Waals surface area contributed by atoms with E-state index in [1.165, 1.54) is 24.3 Å². The topological polar surface area (TPSA) is 84.5 Å². The van der Waals surface area contributed by atoms with E-state index in [2.05, 4.69) is 10.0 Å². The Hall–Kier alpha value is -2.54. The monoisotopic (exact) mass is 390 g/mol. The highest BCUT2D eigenvalue weighted by Gasteiger charge is 2.15. The van der Waals surface area contributed by atoms with Crippen LogP contribution in [0.1, 0.15) is 31.4 Å². The van der Waals surface area contributed by atoms with Gasteiger partial charge in [-0.15, -0.1) is 0 Å². The SMILES string of the molecule is CCC(C)NC(=O)COc1ccc(S(=O)(=O)Nc2cc(C)cc(C)c2)cc1. The molecule has 0 spiro atoms. The molecule has 0 bridgehead atoms. The third-order valence-electron chi connectivity index (χ3n) is 4.00. The van der Waals surface area contributed by atoms with Crippen molar-refractivity contribution in [2.24, 2.45) is 0 Å². The summed E-state index contributed by atoms with van der Waals surface area (Å²) in [6.07, 6.45) is 0.839. The van der Waals surface area contributed by atoms with E-state index in [-0.39, 0.29) is 23.5 Å². The Balaban J connectivity index is 2.01. The summed E-state index contributed by atoms with van der Waals surface area (Å²) in [5.41, 5.74) is 2.48. The Morgan fingerprint density at radius 3 is 2.22 bits per heavy atom. The number of carbonyl (C=O) groups excluding carboxylic acids is 1. The first-order valence-electron chi connectivity index (χ1n) is 8.83. The van der Waals surface area contributed by atoms with E-state index in [1.54, 1.807) is 12.1 Å². The number of benzene rings is 2. The predicted molar refractivity (Wildman–Crippen MR) is 107 cm³/mol. The van der Waals surface area contributed by atoms with Crippen LogP contribution >= 0.6 is 0 Å². The first kappa shape index (κ1) is 20.8. The van der Waals surface area contributed by atoms with Crippen LogP contribution in [0, 0.1) is 13.8 Å². The van der Waals surface area contributed by atoms with Gasteiger partial charge in [-0.1, -0.05) is 13.0 Å². The van der Waals surface area contributed by atoms with Crippen LogP contribution in [0.25, 0.3) is 0 Å². The molecule has 0 aliphatic rings. The average molecular weight is 391 g/mol. The van der Waals surface area contributed by atoms with E-state index in [1.807, 2.05) is 33.8 Å². The summed E-state index contributed by atoms with van der Waals surface area (Å²) in [6.45, 7) is 7.61. The molecule has 0 aliphatic heterocycles. The molecule has 1 amide bonds. The molecule has 0 aliphatic carbocycles. The molecule has 2 N–H and O–H groups in total. The van der Waals surface area contributed by atoms with E-state index in [4.69, 9.17) is 4.74 Å². The summed E-state index contributed by atoms with van der Waals surface area (Å²) in [5, 5.41) is 2.80. The molecule has 7 heteroatoms. The standard InChI is InChI=1S/C20H26N2O4S/c1-5-16(4)21-20(23)13-26-18-6-8-19(9-7-18)27(24,25)22-17-11-14(2)10-15(3)12-17/h6-12,16,22H,5,13H2,1-4H3,(H,21,23). The molecule has 0 aromatic heterocycles. The molecule has 6 nitrogen and oxygen atoms in total. The maximum absolute atomic E-state index is 12.5. The molecule has 2 rings (SSSR count). The Bertz CT molecular complexity index is 872. The quantitative estimate of drug-likeness (QED) is 0.723. The van der Waals surface area contributed by atoms with Crippen molar-refractivity contribution in [3.05, 3.63) is 53.6 Å². The van der Waals surface area contributed by atoms with Gasteiger partial charge in [0.25, 0.3) is 15.9 Å². The molecule has 0 saturated heterocycles. The van der Waals surface area contributed by atoms with Crippen LogP contribution in [0.5, 0.6) is 5.75 Å². The second-order valence-corrected chi connectivity index (χ2v) is 8.30. The van der Waals surface area contributed by atoms with Crippen LogP contribution in [0.4, 0.5) is 5.69 Å². The minimum absolute atomic E-state index is 0.0879. The lowest BCUT2D eigenvalue weighted by molar-refractivity contribution is -0.123. The zero-order valence-corrected chi connectivity index (χ0v) is 16.9. The Morgan fingerprint density at radius 1 is 1.07 bits per heavy atom. The maximum atomic E-state index is 12.5. The van der Waals surface area contributed by atoms with Gasteiger partial charge in [-0.25, -0.2) is 8.42 Å². The molecule has 146 valence electrons. The number of rotatable bonds is 8. The van der Waals surface area contributed by atoms with Crippen molar-refractivity contribution >= 4 is 21.6 Å². The predicted octanol–water partition coefficient (Wildman–Crippen LogP) is 3.40. The number of anilines is 1. The second kappa shape index (κ2) is 8.90. The highest BCUT2D eigenvalue weighted by molar-refractivity contribution is 7.92. The normalized spacial score (nSPS) is 12.3. The van der Waals surface area contributed by atoms with Crippen LogP contribution in [0.2, 0.25) is 0 Å². The second-order valence-electron chi connectivity index (χ2n) is 6.62. The average Bonchev–Trinajstić information content (AvgIpc) is 2.59. The van der Waals surface area contributed by atoms with Crippen molar-refractivity contribution in [1.82, 2.24) is 5.32 Å². The van der Waals surface area contributed by atoms with Crippen molar-refractivity contribution in [2.75, 3.05) is 11.3 Å². The highest BCUT2D eigenvalue weighted by atomic mass is 32.2. The number of ether oxygens (including phenoxy) is 1. The number of hydrogen-bond donors (Lipinski definition) is 2. The van der Waals surface area contributed by atoms with Gasteiger partial charge >= 0.3 is 0 Å². The molecule has 27 heavy (non-hydrogen) atoms. The van der Waals surface area contributed by atoms with Crippen molar-refractivity contribution < 1.29 is 17.9 Å². The van der Waals surface area contributed by atoms with Gasteiger partial charge < -0.3 is 10.1 Å². The van der Waals surface area contributed by atoms with Gasteiger partial charge in [0, 0.05) is 11.7 Å². The molecular formula is C20H26N2O4S. The Kier molecular flexibility index (Phi) is 6.85. The molecule has 1 atom stereocenters. The number of carbonyl (C=O) groups is 1. The van der Waals surface area contributed by atoms with Crippen molar-refractivity contribution in [3.63, 3.8) is 0 Å². The number of aryl methyl sites for hydroxylation is 2. The van der Waals surface area contributed by atoms with E-state index in [9.17, 15) is 13.2 Å². The zero-order valence-electron chi connectivity index (χ0n) is 16.1. The molecule has 2 aromatic rings. The van der Waals surface area contributed by atoms with Gasteiger partial charge in [0.1, 0.15) is 5.75 Å². The summed E-state index contributed by atoms with van der Waals surface area (Å²) in [5.74, 6) is 0.220. The molecule has 2 aromatic carbocycles. The Labute approximate surface area is 161 Å². The first-order valence-corrected chi connectivity index (χ1v) is 10.3. The summed E-state index contributed by atoms with van der Waals surface area (Å²) in [6, 6.07) is 11.6. The lowest BCUT2D eigenvalue weighted by atomic mass is 10.1. The van der Waals surface area contributed by atoms with Gasteiger partial charge in [-0.3, -0.25) is 9.52 Å². The summed E-state index contributed by atoms with van der Waals surface area (Å²) in [7, 11) is -3.70. The molecule has 0 heterocycles. The Morgan fingerprint density at radius 2 is 1.67 bits per heavy atom. The number of amides is 1. The largest absolute Gasteiger partial charge is 0.484 e. The number of nitrogens with one attached hydrogen (secondary N) is 2. The van der Waals surface area contributed by atoms with E-state index in [0.29, 0.717) is 11.4 Å². The molecule has 0 fully saturated rings. The van der Waals surface area contributed by atoms with E-state index in [0.717, 1.165) is 17.5 Å². The van der Waals surface area contributed by atoms with Crippen LogP contribution < -0.4 is 14.8 Å². The van der Waals surface area contributed by atoms with Crippen LogP contribution in [-0.2, 0) is 14.8 Å². The lowest BCUT2D eigenvalue weighted by Crippen LogP contribution is -2.35. The third-order valence-corrected chi connectivity index (χ3v) is 5.39. The van der Waals surface area contributed by atoms with Crippen molar-refractivity contribution in [2.45, 2.75) is 45.1 Å². The molecular weight excluding hydrogens is 364 g/mol. The van der Waals surface area contributed by atoms with Crippen LogP contribution in [0.15, 0.2) is 47.4 Å². The van der Waals surface area contributed by atoms with Gasteiger partial charge in [0.15, 0.2) is 6.61 Å². The van der Waals surface area contributed by atoms with Crippen molar-refractivity contribution in [1.29, 1.82) is 0 Å². The molecule has 1 unspecified atom stereocenters. The maximum Gasteiger partial charge on any atom is 0.261 e. The summed E-state index contributed by atoms with van der Waals surface area (Å²) >= 11 is 0. The van der Waals surface area contributed by atoms with E-state index >= 15 is 0 Å². The fourth-order valence-corrected chi connectivity index (χ4v) is 3.57. The van der Waals surface area contributed by atoms with E-state index < -0.39 is 10.0 Å². The van der Waals surface area contributed by atoms with Crippen LogP contribution in [-0.4, -0.2) is 27.0 Å². The highest BCUT2D eigenvalue weighted by Crippen LogP contribution is 2.21. The fraction of sp³-hybridized carbons (Fsp3) is 0.350. The smallest absolute Gasteiger partial charge is 0.261 e. The van der Waals surface area contributed by atoms with Crippen LogP contribution in [0.3, 0.4) is 0 Å².